The Kier molecular flexibility index (Phi) is 7.98. The summed E-state index contributed by atoms with van der Waals surface area (Å²) in [6.45, 7) is 12.9. The Morgan fingerprint density at radius 3 is 2.12 bits per heavy atom. The van der Waals surface area contributed by atoms with Crippen molar-refractivity contribution in [2.24, 2.45) is 5.41 Å². The van der Waals surface area contributed by atoms with E-state index in [0.29, 0.717) is 12.0 Å². The predicted molar refractivity (Wildman–Crippen MR) is 109 cm³/mol. The Balaban J connectivity index is 0.00000312. The first-order valence-electron chi connectivity index (χ1n) is 8.74. The van der Waals surface area contributed by atoms with Crippen LogP contribution in [0.3, 0.4) is 0 Å². The summed E-state index contributed by atoms with van der Waals surface area (Å²) in [5.74, 6) is 0.923. The van der Waals surface area contributed by atoms with E-state index in [0.717, 1.165) is 18.7 Å². The molecule has 0 unspecified atom stereocenters. The third kappa shape index (κ3) is 8.42. The minimum atomic E-state index is 0. The monoisotopic (exact) mass is 361 g/mol. The zero-order chi connectivity index (χ0) is 17.6. The molecule has 0 aliphatic carbocycles. The molecule has 0 aromatic heterocycles. The highest BCUT2D eigenvalue weighted by atomic mass is 35.5. The van der Waals surface area contributed by atoms with Crippen molar-refractivity contribution in [2.45, 2.75) is 59.7 Å². The molecule has 138 valence electrons. The first-order chi connectivity index (χ1) is 11.2. The van der Waals surface area contributed by atoms with E-state index in [-0.39, 0.29) is 17.9 Å². The van der Waals surface area contributed by atoms with Gasteiger partial charge in [-0.05, 0) is 48.9 Å². The van der Waals surface area contributed by atoms with Crippen LogP contribution in [0.5, 0.6) is 5.75 Å². The molecule has 2 rings (SSSR count). The van der Waals surface area contributed by atoms with E-state index in [1.165, 1.54) is 11.1 Å². The molecule has 2 nitrogen and oxygen atoms in total. The highest BCUT2D eigenvalue weighted by molar-refractivity contribution is 5.85. The topological polar surface area (TPSA) is 21.3 Å². The lowest BCUT2D eigenvalue weighted by Crippen LogP contribution is -2.41. The number of halogens is 1. The van der Waals surface area contributed by atoms with Crippen molar-refractivity contribution in [3.05, 3.63) is 65.7 Å². The summed E-state index contributed by atoms with van der Waals surface area (Å²) >= 11 is 0. The first-order valence-corrected chi connectivity index (χ1v) is 8.74. The molecule has 0 fully saturated rings. The zero-order valence-corrected chi connectivity index (χ0v) is 17.0. The highest BCUT2D eigenvalue weighted by Gasteiger charge is 2.24. The summed E-state index contributed by atoms with van der Waals surface area (Å²) < 4.78 is 5.92. The number of nitrogens with one attached hydrogen (secondary N) is 1. The lowest BCUT2D eigenvalue weighted by atomic mass is 9.82. The van der Waals surface area contributed by atoms with Gasteiger partial charge in [-0.3, -0.25) is 0 Å². The van der Waals surface area contributed by atoms with Crippen molar-refractivity contribution in [3.8, 4) is 5.75 Å². The van der Waals surface area contributed by atoms with E-state index >= 15 is 0 Å². The molecule has 0 atom stereocenters. The fraction of sp³-hybridized carbons (Fsp3) is 0.455. The fourth-order valence-corrected chi connectivity index (χ4v) is 3.22. The molecule has 3 heteroatoms. The summed E-state index contributed by atoms with van der Waals surface area (Å²) in [5, 5.41) is 3.68. The van der Waals surface area contributed by atoms with Crippen molar-refractivity contribution in [3.63, 3.8) is 0 Å². The first kappa shape index (κ1) is 21.5. The average molecular weight is 362 g/mol. The molecular weight excluding hydrogens is 330 g/mol. The number of ether oxygens (including phenoxy) is 1. The Bertz CT molecular complexity index is 632. The fourth-order valence-electron chi connectivity index (χ4n) is 3.22. The minimum Gasteiger partial charge on any atom is -0.489 e. The molecular formula is C22H32ClNO. The van der Waals surface area contributed by atoms with Crippen molar-refractivity contribution in [2.75, 3.05) is 0 Å². The normalized spacial score (nSPS) is 11.7. The maximum atomic E-state index is 5.92. The largest absolute Gasteiger partial charge is 0.489 e. The zero-order valence-electron chi connectivity index (χ0n) is 16.1. The van der Waals surface area contributed by atoms with Gasteiger partial charge in [0.05, 0.1) is 0 Å². The molecule has 0 bridgehead atoms. The number of benzene rings is 2. The highest BCUT2D eigenvalue weighted by Crippen LogP contribution is 2.27. The van der Waals surface area contributed by atoms with Crippen LogP contribution < -0.4 is 10.1 Å². The van der Waals surface area contributed by atoms with Crippen molar-refractivity contribution in [1.82, 2.24) is 5.32 Å². The molecule has 0 aliphatic rings. The number of hydrogen-bond acceptors (Lipinski definition) is 2. The van der Waals surface area contributed by atoms with E-state index in [1.54, 1.807) is 0 Å². The lowest BCUT2D eigenvalue weighted by molar-refractivity contribution is 0.240. The molecule has 0 amide bonds. The molecule has 25 heavy (non-hydrogen) atoms. The molecule has 2 aromatic rings. The van der Waals surface area contributed by atoms with E-state index in [1.807, 2.05) is 24.3 Å². The molecule has 0 saturated carbocycles. The summed E-state index contributed by atoms with van der Waals surface area (Å²) in [4.78, 5) is 0. The van der Waals surface area contributed by atoms with Crippen LogP contribution in [0.4, 0.5) is 0 Å². The minimum absolute atomic E-state index is 0. The second-order valence-corrected chi connectivity index (χ2v) is 8.40. The van der Waals surface area contributed by atoms with Crippen molar-refractivity contribution >= 4 is 12.4 Å². The standard InChI is InChI=1S/C22H31NO.ClH/c1-21(2,3)17-22(4,5)23-15-19-12-9-13-20(14-19)24-16-18-10-7-6-8-11-18;/h6-14,23H,15-17H2,1-5H3;1H. The van der Waals surface area contributed by atoms with Crippen LogP contribution in [0, 0.1) is 5.41 Å². The van der Waals surface area contributed by atoms with Crippen LogP contribution in [0.25, 0.3) is 0 Å². The van der Waals surface area contributed by atoms with Gasteiger partial charge in [0, 0.05) is 12.1 Å². The SMILES string of the molecule is CC(C)(C)CC(C)(C)NCc1cccc(OCc2ccccc2)c1.Cl. The molecule has 0 saturated heterocycles. The van der Waals surface area contributed by atoms with Gasteiger partial charge in [0.2, 0.25) is 0 Å². The van der Waals surface area contributed by atoms with Gasteiger partial charge in [0.15, 0.2) is 0 Å². The molecule has 0 heterocycles. The Morgan fingerprint density at radius 2 is 1.48 bits per heavy atom. The lowest BCUT2D eigenvalue weighted by Gasteiger charge is -2.33. The molecule has 0 spiro atoms. The average Bonchev–Trinajstić information content (AvgIpc) is 2.50. The third-order valence-corrected chi connectivity index (χ3v) is 3.89. The van der Waals surface area contributed by atoms with Gasteiger partial charge in [0.1, 0.15) is 12.4 Å². The van der Waals surface area contributed by atoms with Gasteiger partial charge in [-0.1, -0.05) is 63.2 Å². The smallest absolute Gasteiger partial charge is 0.120 e. The van der Waals surface area contributed by atoms with Gasteiger partial charge in [-0.15, -0.1) is 12.4 Å². The molecule has 0 radical (unpaired) electrons. The van der Waals surface area contributed by atoms with Gasteiger partial charge < -0.3 is 10.1 Å². The van der Waals surface area contributed by atoms with Gasteiger partial charge >= 0.3 is 0 Å². The van der Waals surface area contributed by atoms with Gasteiger partial charge in [0.25, 0.3) is 0 Å². The van der Waals surface area contributed by atoms with Crippen molar-refractivity contribution in [1.29, 1.82) is 0 Å². The van der Waals surface area contributed by atoms with Crippen LogP contribution in [0.1, 0.15) is 52.2 Å². The van der Waals surface area contributed by atoms with Crippen LogP contribution in [0.2, 0.25) is 0 Å². The summed E-state index contributed by atoms with van der Waals surface area (Å²) in [5.41, 5.74) is 2.87. The van der Waals surface area contributed by atoms with Crippen LogP contribution in [0.15, 0.2) is 54.6 Å². The van der Waals surface area contributed by atoms with Gasteiger partial charge in [-0.25, -0.2) is 0 Å². The van der Waals surface area contributed by atoms with E-state index in [2.05, 4.69) is 70.3 Å². The van der Waals surface area contributed by atoms with E-state index < -0.39 is 0 Å². The Hall–Kier alpha value is -1.51. The predicted octanol–water partition coefficient (Wildman–Crippen LogP) is 5.99. The van der Waals surface area contributed by atoms with Gasteiger partial charge in [-0.2, -0.15) is 0 Å². The Labute approximate surface area is 159 Å². The Morgan fingerprint density at radius 1 is 0.840 bits per heavy atom. The van der Waals surface area contributed by atoms with Crippen LogP contribution in [-0.2, 0) is 13.2 Å². The maximum absolute atomic E-state index is 5.92. The quantitative estimate of drug-likeness (QED) is 0.653. The summed E-state index contributed by atoms with van der Waals surface area (Å²) in [6.07, 6.45) is 1.13. The molecule has 2 aromatic carbocycles. The third-order valence-electron chi connectivity index (χ3n) is 3.89. The second-order valence-electron chi connectivity index (χ2n) is 8.40. The second kappa shape index (κ2) is 9.26. The maximum Gasteiger partial charge on any atom is 0.120 e. The molecule has 0 aliphatic heterocycles. The summed E-state index contributed by atoms with van der Waals surface area (Å²) in [7, 11) is 0. The van der Waals surface area contributed by atoms with Crippen LogP contribution >= 0.6 is 12.4 Å². The number of hydrogen-bond donors (Lipinski definition) is 1. The molecule has 1 N–H and O–H groups in total. The number of rotatable bonds is 7. The van der Waals surface area contributed by atoms with E-state index in [9.17, 15) is 0 Å². The van der Waals surface area contributed by atoms with Crippen molar-refractivity contribution < 1.29 is 4.74 Å². The van der Waals surface area contributed by atoms with E-state index in [4.69, 9.17) is 4.74 Å². The van der Waals surface area contributed by atoms with Crippen LogP contribution in [-0.4, -0.2) is 5.54 Å². The summed E-state index contributed by atoms with van der Waals surface area (Å²) in [6, 6.07) is 18.6.